The van der Waals surface area contributed by atoms with Crippen LogP contribution < -0.4 is 11.1 Å². The van der Waals surface area contributed by atoms with E-state index in [2.05, 4.69) is 20.4 Å². The quantitative estimate of drug-likeness (QED) is 0.787. The zero-order chi connectivity index (χ0) is 14.5. The molecule has 0 saturated heterocycles. The van der Waals surface area contributed by atoms with Gasteiger partial charge in [-0.15, -0.1) is 0 Å². The van der Waals surface area contributed by atoms with Crippen molar-refractivity contribution in [3.63, 3.8) is 0 Å². The number of amides is 1. The molecule has 2 rings (SSSR count). The Kier molecular flexibility index (Phi) is 4.26. The number of carbonyl (C=O) groups is 1. The highest BCUT2D eigenvalue weighted by molar-refractivity contribution is 5.92. The summed E-state index contributed by atoms with van der Waals surface area (Å²) < 4.78 is 6.51. The lowest BCUT2D eigenvalue weighted by atomic mass is 10.3. The first-order valence-corrected chi connectivity index (χ1v) is 6.09. The molecule has 0 aliphatic rings. The van der Waals surface area contributed by atoms with Gasteiger partial charge < -0.3 is 15.8 Å². The first kappa shape index (κ1) is 13.9. The number of ether oxygens (including phenoxy) is 1. The number of anilines is 1. The third-order valence-electron chi connectivity index (χ3n) is 2.49. The second-order valence-corrected chi connectivity index (χ2v) is 4.03. The van der Waals surface area contributed by atoms with Crippen LogP contribution in [0.25, 0.3) is 5.82 Å². The van der Waals surface area contributed by atoms with Gasteiger partial charge in [-0.25, -0.2) is 14.6 Å². The molecule has 3 N–H and O–H groups in total. The van der Waals surface area contributed by atoms with Crippen molar-refractivity contribution in [2.75, 3.05) is 19.0 Å². The third kappa shape index (κ3) is 3.09. The van der Waals surface area contributed by atoms with Crippen molar-refractivity contribution in [1.82, 2.24) is 19.7 Å². The third-order valence-corrected chi connectivity index (χ3v) is 2.49. The van der Waals surface area contributed by atoms with E-state index in [0.29, 0.717) is 23.0 Å². The molecule has 0 spiro atoms. The summed E-state index contributed by atoms with van der Waals surface area (Å²) in [4.78, 5) is 19.7. The predicted octanol–water partition coefficient (Wildman–Crippen LogP) is 0.339. The number of nitrogens with one attached hydrogen (secondary N) is 1. The monoisotopic (exact) mass is 276 g/mol. The standard InChI is InChI=1S/C12H16N6O2/c1-3-14-9-4-11(17-10(16-9)7-20-2)18-6-8(5-15-18)12(13)19/h4-6H,3,7H2,1-2H3,(H2,13,19)(H,14,16,17). The number of hydrogen-bond acceptors (Lipinski definition) is 6. The van der Waals surface area contributed by atoms with Gasteiger partial charge in [-0.05, 0) is 6.92 Å². The number of rotatable bonds is 6. The summed E-state index contributed by atoms with van der Waals surface area (Å²) in [5, 5.41) is 7.17. The van der Waals surface area contributed by atoms with Gasteiger partial charge in [0.2, 0.25) is 0 Å². The first-order valence-electron chi connectivity index (χ1n) is 6.09. The molecule has 0 aromatic carbocycles. The van der Waals surface area contributed by atoms with Crippen molar-refractivity contribution in [3.05, 3.63) is 29.8 Å². The molecule has 0 aliphatic heterocycles. The van der Waals surface area contributed by atoms with Crippen LogP contribution in [0.3, 0.4) is 0 Å². The van der Waals surface area contributed by atoms with Gasteiger partial charge in [0.1, 0.15) is 12.4 Å². The van der Waals surface area contributed by atoms with Crippen LogP contribution in [-0.2, 0) is 11.3 Å². The summed E-state index contributed by atoms with van der Waals surface area (Å²) in [6.45, 7) is 2.99. The molecule has 2 aromatic rings. The minimum Gasteiger partial charge on any atom is -0.377 e. The molecule has 8 nitrogen and oxygen atoms in total. The fourth-order valence-corrected chi connectivity index (χ4v) is 1.64. The van der Waals surface area contributed by atoms with Gasteiger partial charge in [0.05, 0.1) is 11.8 Å². The maximum absolute atomic E-state index is 11.1. The predicted molar refractivity (Wildman–Crippen MR) is 72.5 cm³/mol. The van der Waals surface area contributed by atoms with Crippen LogP contribution in [0.1, 0.15) is 23.1 Å². The summed E-state index contributed by atoms with van der Waals surface area (Å²) in [5.74, 6) is 1.20. The van der Waals surface area contributed by atoms with Crippen molar-refractivity contribution in [2.24, 2.45) is 5.73 Å². The molecular weight excluding hydrogens is 260 g/mol. The van der Waals surface area contributed by atoms with Crippen LogP contribution in [0.4, 0.5) is 5.82 Å². The van der Waals surface area contributed by atoms with Gasteiger partial charge in [-0.3, -0.25) is 4.79 Å². The Morgan fingerprint density at radius 2 is 2.30 bits per heavy atom. The molecule has 106 valence electrons. The summed E-state index contributed by atoms with van der Waals surface area (Å²) in [5.41, 5.74) is 5.52. The fraction of sp³-hybridized carbons (Fsp3) is 0.333. The average molecular weight is 276 g/mol. The Balaban J connectivity index is 2.39. The van der Waals surface area contributed by atoms with Gasteiger partial charge in [-0.1, -0.05) is 0 Å². The van der Waals surface area contributed by atoms with E-state index in [1.165, 1.54) is 17.1 Å². The SMILES string of the molecule is CCNc1cc(-n2cc(C(N)=O)cn2)nc(COC)n1. The Morgan fingerprint density at radius 3 is 2.90 bits per heavy atom. The highest BCUT2D eigenvalue weighted by Crippen LogP contribution is 2.12. The largest absolute Gasteiger partial charge is 0.377 e. The number of hydrogen-bond donors (Lipinski definition) is 2. The van der Waals surface area contributed by atoms with Gasteiger partial charge >= 0.3 is 0 Å². The Hall–Kier alpha value is -2.48. The number of primary amides is 1. The Morgan fingerprint density at radius 1 is 1.50 bits per heavy atom. The van der Waals surface area contributed by atoms with Crippen LogP contribution in [0.5, 0.6) is 0 Å². The number of nitrogens with two attached hydrogens (primary N) is 1. The highest BCUT2D eigenvalue weighted by Gasteiger charge is 2.09. The maximum atomic E-state index is 11.1. The van der Waals surface area contributed by atoms with E-state index in [9.17, 15) is 4.79 Å². The molecule has 20 heavy (non-hydrogen) atoms. The zero-order valence-electron chi connectivity index (χ0n) is 11.3. The van der Waals surface area contributed by atoms with Crippen molar-refractivity contribution in [2.45, 2.75) is 13.5 Å². The van der Waals surface area contributed by atoms with E-state index < -0.39 is 5.91 Å². The topological polar surface area (TPSA) is 108 Å². The number of nitrogens with zero attached hydrogens (tertiary/aromatic N) is 4. The molecule has 0 atom stereocenters. The van der Waals surface area contributed by atoms with Crippen LogP contribution in [-0.4, -0.2) is 39.3 Å². The first-order chi connectivity index (χ1) is 9.63. The van der Waals surface area contributed by atoms with Crippen molar-refractivity contribution in [1.29, 1.82) is 0 Å². The maximum Gasteiger partial charge on any atom is 0.251 e. The lowest BCUT2D eigenvalue weighted by molar-refractivity contribution is 0.100. The van der Waals surface area contributed by atoms with Gasteiger partial charge in [0.25, 0.3) is 5.91 Å². The van der Waals surface area contributed by atoms with E-state index in [4.69, 9.17) is 10.5 Å². The number of carbonyl (C=O) groups excluding carboxylic acids is 1. The molecule has 0 unspecified atom stereocenters. The molecule has 0 fully saturated rings. The molecule has 0 bridgehead atoms. The summed E-state index contributed by atoms with van der Waals surface area (Å²) >= 11 is 0. The molecule has 2 aromatic heterocycles. The summed E-state index contributed by atoms with van der Waals surface area (Å²) in [6, 6.07) is 1.74. The fourth-order valence-electron chi connectivity index (χ4n) is 1.64. The van der Waals surface area contributed by atoms with E-state index in [1.54, 1.807) is 13.2 Å². The molecule has 0 aliphatic carbocycles. The summed E-state index contributed by atoms with van der Waals surface area (Å²) in [6.07, 6.45) is 2.92. The average Bonchev–Trinajstić information content (AvgIpc) is 2.89. The van der Waals surface area contributed by atoms with Gasteiger partial charge in [0.15, 0.2) is 11.6 Å². The van der Waals surface area contributed by atoms with Gasteiger partial charge in [-0.2, -0.15) is 5.10 Å². The molecular formula is C12H16N6O2. The second-order valence-electron chi connectivity index (χ2n) is 4.03. The lowest BCUT2D eigenvalue weighted by Crippen LogP contribution is -2.10. The number of methoxy groups -OCH3 is 1. The number of aromatic nitrogens is 4. The Bertz CT molecular complexity index is 585. The molecule has 0 radical (unpaired) electrons. The smallest absolute Gasteiger partial charge is 0.251 e. The molecule has 2 heterocycles. The van der Waals surface area contributed by atoms with Crippen LogP contribution in [0, 0.1) is 0 Å². The van der Waals surface area contributed by atoms with Gasteiger partial charge in [0, 0.05) is 25.9 Å². The van der Waals surface area contributed by atoms with E-state index in [-0.39, 0.29) is 6.61 Å². The van der Waals surface area contributed by atoms with Crippen molar-refractivity contribution >= 4 is 11.7 Å². The minimum absolute atomic E-state index is 0.288. The Labute approximate surface area is 116 Å². The van der Waals surface area contributed by atoms with Crippen LogP contribution in [0.2, 0.25) is 0 Å². The van der Waals surface area contributed by atoms with E-state index in [0.717, 1.165) is 6.54 Å². The minimum atomic E-state index is -0.533. The highest BCUT2D eigenvalue weighted by atomic mass is 16.5. The second kappa shape index (κ2) is 6.11. The van der Waals surface area contributed by atoms with Crippen LogP contribution in [0.15, 0.2) is 18.5 Å². The summed E-state index contributed by atoms with van der Waals surface area (Å²) in [7, 11) is 1.57. The normalized spacial score (nSPS) is 10.5. The molecule has 1 amide bonds. The molecule has 8 heteroatoms. The van der Waals surface area contributed by atoms with Crippen LogP contribution >= 0.6 is 0 Å². The lowest BCUT2D eigenvalue weighted by Gasteiger charge is -2.08. The zero-order valence-corrected chi connectivity index (χ0v) is 11.3. The van der Waals surface area contributed by atoms with E-state index >= 15 is 0 Å². The van der Waals surface area contributed by atoms with Crippen molar-refractivity contribution in [3.8, 4) is 5.82 Å². The van der Waals surface area contributed by atoms with Crippen molar-refractivity contribution < 1.29 is 9.53 Å². The van der Waals surface area contributed by atoms with E-state index in [1.807, 2.05) is 6.92 Å². The molecule has 0 saturated carbocycles.